The highest BCUT2D eigenvalue weighted by molar-refractivity contribution is 5.81. The molecule has 0 aliphatic heterocycles. The van der Waals surface area contributed by atoms with Crippen LogP contribution in [0.2, 0.25) is 0 Å². The number of carbonyl (C=O) groups is 1. The van der Waals surface area contributed by atoms with Crippen LogP contribution in [0.3, 0.4) is 0 Å². The molecule has 0 aliphatic rings. The molecule has 58 valence electrons. The van der Waals surface area contributed by atoms with Crippen LogP contribution in [0.25, 0.3) is 0 Å². The predicted molar refractivity (Wildman–Crippen MR) is 42.7 cm³/mol. The molecule has 0 aliphatic carbocycles. The third-order valence-corrected chi connectivity index (χ3v) is 1.31. The maximum atomic E-state index is 10.6. The fourth-order valence-electron chi connectivity index (χ4n) is 0.575. The van der Waals surface area contributed by atoms with Gasteiger partial charge in [-0.05, 0) is 19.8 Å². The van der Waals surface area contributed by atoms with Crippen LogP contribution in [0.15, 0.2) is 12.2 Å². The first kappa shape index (κ1) is 9.37. The summed E-state index contributed by atoms with van der Waals surface area (Å²) in [6.45, 7) is 3.57. The Labute approximate surface area is 62.1 Å². The predicted octanol–water partition coefficient (Wildman–Crippen LogP) is 1.26. The summed E-state index contributed by atoms with van der Waals surface area (Å²) in [6, 6.07) is -0.303. The molecule has 2 N–H and O–H groups in total. The second kappa shape index (κ2) is 5.18. The first-order valence-corrected chi connectivity index (χ1v) is 3.59. The zero-order chi connectivity index (χ0) is 7.98. The van der Waals surface area contributed by atoms with Gasteiger partial charge in [-0.25, -0.2) is 0 Å². The zero-order valence-corrected chi connectivity index (χ0v) is 6.63. The minimum atomic E-state index is -0.303. The van der Waals surface area contributed by atoms with Gasteiger partial charge in [-0.1, -0.05) is 19.1 Å². The molecular weight excluding hydrogens is 126 g/mol. The third kappa shape index (κ3) is 4.27. The Kier molecular flexibility index (Phi) is 4.85. The van der Waals surface area contributed by atoms with Crippen LogP contribution in [0.1, 0.15) is 26.7 Å². The van der Waals surface area contributed by atoms with Crippen LogP contribution in [0.5, 0.6) is 0 Å². The fourth-order valence-corrected chi connectivity index (χ4v) is 0.575. The van der Waals surface area contributed by atoms with E-state index in [4.69, 9.17) is 5.73 Å². The number of hydrogen-bond acceptors (Lipinski definition) is 2. The smallest absolute Gasteiger partial charge is 0.146 e. The van der Waals surface area contributed by atoms with Crippen molar-refractivity contribution >= 4 is 5.78 Å². The number of Topliss-reactive ketones (excluding diaryl/α,β-unsaturated/α-hetero) is 1. The van der Waals surface area contributed by atoms with E-state index in [1.54, 1.807) is 0 Å². The van der Waals surface area contributed by atoms with Crippen molar-refractivity contribution in [2.45, 2.75) is 32.7 Å². The average molecular weight is 141 g/mol. The molecule has 0 spiro atoms. The molecule has 0 radical (unpaired) electrons. The molecule has 0 saturated heterocycles. The SMILES string of the molecule is CC/C=C\C[C@H](N)C(C)=O. The van der Waals surface area contributed by atoms with Crippen molar-refractivity contribution in [3.63, 3.8) is 0 Å². The van der Waals surface area contributed by atoms with Gasteiger partial charge in [-0.15, -0.1) is 0 Å². The van der Waals surface area contributed by atoms with Gasteiger partial charge in [-0.3, -0.25) is 4.79 Å². The number of hydrogen-bond donors (Lipinski definition) is 1. The van der Waals surface area contributed by atoms with E-state index in [1.807, 2.05) is 12.2 Å². The van der Waals surface area contributed by atoms with Crippen molar-refractivity contribution in [1.29, 1.82) is 0 Å². The molecule has 0 aromatic rings. The molecule has 0 aromatic carbocycles. The third-order valence-electron chi connectivity index (χ3n) is 1.31. The van der Waals surface area contributed by atoms with E-state index in [-0.39, 0.29) is 11.8 Å². The molecule has 0 rings (SSSR count). The normalized spacial score (nSPS) is 13.9. The van der Waals surface area contributed by atoms with Crippen molar-refractivity contribution < 1.29 is 4.79 Å². The summed E-state index contributed by atoms with van der Waals surface area (Å²) in [4.78, 5) is 10.6. The minimum Gasteiger partial charge on any atom is -0.321 e. The molecule has 1 atom stereocenters. The van der Waals surface area contributed by atoms with E-state index in [9.17, 15) is 4.79 Å². The summed E-state index contributed by atoms with van der Waals surface area (Å²) in [5.41, 5.74) is 5.46. The van der Waals surface area contributed by atoms with E-state index >= 15 is 0 Å². The van der Waals surface area contributed by atoms with Crippen molar-refractivity contribution in [2.24, 2.45) is 5.73 Å². The highest BCUT2D eigenvalue weighted by Crippen LogP contribution is 1.92. The van der Waals surface area contributed by atoms with Crippen LogP contribution in [0.4, 0.5) is 0 Å². The molecule has 0 bridgehead atoms. The van der Waals surface area contributed by atoms with Crippen LogP contribution >= 0.6 is 0 Å². The fraction of sp³-hybridized carbons (Fsp3) is 0.625. The lowest BCUT2D eigenvalue weighted by atomic mass is 10.1. The van der Waals surface area contributed by atoms with E-state index in [0.717, 1.165) is 6.42 Å². The molecule has 0 heterocycles. The second-order valence-corrected chi connectivity index (χ2v) is 2.33. The first-order valence-electron chi connectivity index (χ1n) is 3.59. The van der Waals surface area contributed by atoms with Gasteiger partial charge in [0, 0.05) is 0 Å². The zero-order valence-electron chi connectivity index (χ0n) is 6.63. The van der Waals surface area contributed by atoms with Gasteiger partial charge in [0.25, 0.3) is 0 Å². The maximum absolute atomic E-state index is 10.6. The Morgan fingerprint density at radius 2 is 2.20 bits per heavy atom. The van der Waals surface area contributed by atoms with E-state index in [2.05, 4.69) is 6.92 Å². The monoisotopic (exact) mass is 141 g/mol. The highest BCUT2D eigenvalue weighted by Gasteiger charge is 2.03. The lowest BCUT2D eigenvalue weighted by molar-refractivity contribution is -0.118. The Hall–Kier alpha value is -0.630. The van der Waals surface area contributed by atoms with Crippen LogP contribution < -0.4 is 5.73 Å². The molecular formula is C8H15NO. The summed E-state index contributed by atoms with van der Waals surface area (Å²) in [6.07, 6.45) is 5.64. The van der Waals surface area contributed by atoms with Gasteiger partial charge in [0.05, 0.1) is 6.04 Å². The van der Waals surface area contributed by atoms with Crippen LogP contribution in [-0.2, 0) is 4.79 Å². The average Bonchev–Trinajstić information content (AvgIpc) is 1.88. The lowest BCUT2D eigenvalue weighted by Crippen LogP contribution is -2.27. The second-order valence-electron chi connectivity index (χ2n) is 2.33. The molecule has 0 unspecified atom stereocenters. The van der Waals surface area contributed by atoms with Gasteiger partial charge >= 0.3 is 0 Å². The number of rotatable bonds is 4. The lowest BCUT2D eigenvalue weighted by Gasteiger charge is -2.01. The molecule has 2 nitrogen and oxygen atoms in total. The molecule has 0 amide bonds. The number of ketones is 1. The van der Waals surface area contributed by atoms with E-state index in [0.29, 0.717) is 6.42 Å². The van der Waals surface area contributed by atoms with Crippen LogP contribution in [0, 0.1) is 0 Å². The summed E-state index contributed by atoms with van der Waals surface area (Å²) < 4.78 is 0. The van der Waals surface area contributed by atoms with Crippen molar-refractivity contribution in [3.05, 3.63) is 12.2 Å². The van der Waals surface area contributed by atoms with Gasteiger partial charge in [-0.2, -0.15) is 0 Å². The molecule has 10 heavy (non-hydrogen) atoms. The number of nitrogens with two attached hydrogens (primary N) is 1. The maximum Gasteiger partial charge on any atom is 0.146 e. The first-order chi connectivity index (χ1) is 4.68. The Morgan fingerprint density at radius 1 is 1.60 bits per heavy atom. The molecule has 0 fully saturated rings. The summed E-state index contributed by atoms with van der Waals surface area (Å²) in [5.74, 6) is 0.0563. The summed E-state index contributed by atoms with van der Waals surface area (Å²) >= 11 is 0. The molecule has 0 aromatic heterocycles. The standard InChI is InChI=1S/C8H15NO/c1-3-4-5-6-8(9)7(2)10/h4-5,8H,3,6,9H2,1-2H3/b5-4-/t8-/m0/s1. The van der Waals surface area contributed by atoms with Gasteiger partial charge in [0.15, 0.2) is 0 Å². The topological polar surface area (TPSA) is 43.1 Å². The Balaban J connectivity index is 3.48. The Morgan fingerprint density at radius 3 is 2.60 bits per heavy atom. The summed E-state index contributed by atoms with van der Waals surface area (Å²) in [5, 5.41) is 0. The van der Waals surface area contributed by atoms with Crippen molar-refractivity contribution in [3.8, 4) is 0 Å². The van der Waals surface area contributed by atoms with Gasteiger partial charge in [0.1, 0.15) is 5.78 Å². The van der Waals surface area contributed by atoms with Crippen molar-refractivity contribution in [1.82, 2.24) is 0 Å². The van der Waals surface area contributed by atoms with Crippen LogP contribution in [-0.4, -0.2) is 11.8 Å². The number of carbonyl (C=O) groups excluding carboxylic acids is 1. The van der Waals surface area contributed by atoms with Gasteiger partial charge < -0.3 is 5.73 Å². The van der Waals surface area contributed by atoms with Gasteiger partial charge in [0.2, 0.25) is 0 Å². The molecule has 0 saturated carbocycles. The molecule has 2 heteroatoms. The Bertz CT molecular complexity index is 129. The van der Waals surface area contributed by atoms with E-state index < -0.39 is 0 Å². The quantitative estimate of drug-likeness (QED) is 0.599. The largest absolute Gasteiger partial charge is 0.321 e. The van der Waals surface area contributed by atoms with Crippen molar-refractivity contribution in [2.75, 3.05) is 0 Å². The minimum absolute atomic E-state index is 0.0563. The number of allylic oxidation sites excluding steroid dienone is 1. The summed E-state index contributed by atoms with van der Waals surface area (Å²) in [7, 11) is 0. The van der Waals surface area contributed by atoms with E-state index in [1.165, 1.54) is 6.92 Å². The highest BCUT2D eigenvalue weighted by atomic mass is 16.1.